The van der Waals surface area contributed by atoms with Crippen LogP contribution in [0.2, 0.25) is 0 Å². The molecule has 0 aromatic carbocycles. The minimum atomic E-state index is -0.248. The number of nitrogens with one attached hydrogen (secondary N) is 1. The lowest BCUT2D eigenvalue weighted by Crippen LogP contribution is -2.24. The summed E-state index contributed by atoms with van der Waals surface area (Å²) in [6.07, 6.45) is 5.27. The van der Waals surface area contributed by atoms with Gasteiger partial charge in [-0.3, -0.25) is 9.79 Å². The monoisotopic (exact) mass is 226 g/mol. The first kappa shape index (κ1) is 14.7. The van der Waals surface area contributed by atoms with Gasteiger partial charge in [0.05, 0.1) is 12.6 Å². The number of amidine groups is 1. The fraction of sp³-hybridized carbons (Fsp3) is 0.667. The number of nitrogens with zero attached hydrogens (tertiary/aromatic N) is 1. The van der Waals surface area contributed by atoms with Gasteiger partial charge in [0, 0.05) is 7.05 Å². The second-order valence-corrected chi connectivity index (χ2v) is 3.38. The van der Waals surface area contributed by atoms with Crippen molar-refractivity contribution in [1.82, 2.24) is 5.32 Å². The van der Waals surface area contributed by atoms with Crippen molar-refractivity contribution in [3.8, 4) is 0 Å². The van der Waals surface area contributed by atoms with E-state index in [2.05, 4.69) is 23.3 Å². The molecule has 1 unspecified atom stereocenters. The van der Waals surface area contributed by atoms with Crippen LogP contribution in [0.1, 0.15) is 33.6 Å². The minimum absolute atomic E-state index is 0.0804. The maximum atomic E-state index is 11.2. The molecule has 92 valence electrons. The van der Waals surface area contributed by atoms with Gasteiger partial charge in [-0.05, 0) is 20.3 Å². The summed E-state index contributed by atoms with van der Waals surface area (Å²) in [5.74, 6) is 0.411. The lowest BCUT2D eigenvalue weighted by molar-refractivity contribution is -0.141. The Morgan fingerprint density at radius 2 is 2.19 bits per heavy atom. The highest BCUT2D eigenvalue weighted by Gasteiger charge is 2.07. The van der Waals surface area contributed by atoms with Gasteiger partial charge in [-0.2, -0.15) is 0 Å². The molecule has 16 heavy (non-hydrogen) atoms. The van der Waals surface area contributed by atoms with Crippen LogP contribution in [0.15, 0.2) is 17.1 Å². The summed E-state index contributed by atoms with van der Waals surface area (Å²) in [5.41, 5.74) is 0. The lowest BCUT2D eigenvalue weighted by Gasteiger charge is -2.07. The highest BCUT2D eigenvalue weighted by Crippen LogP contribution is 1.97. The third-order valence-corrected chi connectivity index (χ3v) is 1.92. The Labute approximate surface area is 97.8 Å². The summed E-state index contributed by atoms with van der Waals surface area (Å²) in [6.45, 7) is 6.25. The highest BCUT2D eigenvalue weighted by atomic mass is 16.5. The molecule has 0 amide bonds. The Bertz CT molecular complexity index is 260. The van der Waals surface area contributed by atoms with E-state index in [9.17, 15) is 4.79 Å². The molecule has 4 heteroatoms. The van der Waals surface area contributed by atoms with Crippen molar-refractivity contribution in [2.45, 2.75) is 39.7 Å². The largest absolute Gasteiger partial charge is 0.466 e. The van der Waals surface area contributed by atoms with Gasteiger partial charge in [-0.1, -0.05) is 19.1 Å². The summed E-state index contributed by atoms with van der Waals surface area (Å²) in [5, 5.41) is 2.91. The zero-order valence-electron chi connectivity index (χ0n) is 10.6. The van der Waals surface area contributed by atoms with Crippen LogP contribution in [0.4, 0.5) is 0 Å². The predicted molar refractivity (Wildman–Crippen MR) is 66.6 cm³/mol. The standard InChI is InChI=1S/C12H22N2O2/c1-5-7-8-10(3)14-11(13-4)9-12(15)16-6-2/h7-8,10H,5-6,9H2,1-4H3,(H,13,14)/b8-7-. The predicted octanol–water partition coefficient (Wildman–Crippen LogP) is 1.91. The Morgan fingerprint density at radius 3 is 2.69 bits per heavy atom. The molecule has 0 fully saturated rings. The van der Waals surface area contributed by atoms with Gasteiger partial charge in [0.2, 0.25) is 0 Å². The summed E-state index contributed by atoms with van der Waals surface area (Å²) < 4.78 is 4.86. The van der Waals surface area contributed by atoms with Crippen LogP contribution >= 0.6 is 0 Å². The van der Waals surface area contributed by atoms with E-state index in [0.29, 0.717) is 12.4 Å². The molecule has 0 saturated carbocycles. The highest BCUT2D eigenvalue weighted by molar-refractivity contribution is 5.97. The van der Waals surface area contributed by atoms with Crippen LogP contribution in [0.25, 0.3) is 0 Å². The van der Waals surface area contributed by atoms with E-state index in [4.69, 9.17) is 4.74 Å². The van der Waals surface area contributed by atoms with Crippen molar-refractivity contribution in [3.05, 3.63) is 12.2 Å². The molecule has 0 spiro atoms. The molecule has 0 aliphatic heterocycles. The first-order valence-electron chi connectivity index (χ1n) is 5.70. The van der Waals surface area contributed by atoms with Gasteiger partial charge >= 0.3 is 5.97 Å². The van der Waals surface area contributed by atoms with Crippen LogP contribution in [0, 0.1) is 0 Å². The van der Waals surface area contributed by atoms with Gasteiger partial charge < -0.3 is 10.1 Å². The van der Waals surface area contributed by atoms with E-state index in [1.165, 1.54) is 0 Å². The molecule has 0 bridgehead atoms. The van der Waals surface area contributed by atoms with Crippen molar-refractivity contribution in [3.63, 3.8) is 0 Å². The van der Waals surface area contributed by atoms with Crippen LogP contribution in [0.3, 0.4) is 0 Å². The molecule has 0 heterocycles. The number of ether oxygens (including phenoxy) is 1. The van der Waals surface area contributed by atoms with E-state index < -0.39 is 0 Å². The van der Waals surface area contributed by atoms with E-state index in [1.54, 1.807) is 14.0 Å². The first-order chi connectivity index (χ1) is 7.63. The van der Waals surface area contributed by atoms with E-state index in [0.717, 1.165) is 6.42 Å². The molecule has 0 aromatic heterocycles. The van der Waals surface area contributed by atoms with Crippen LogP contribution in [-0.2, 0) is 9.53 Å². The average Bonchev–Trinajstić information content (AvgIpc) is 2.25. The fourth-order valence-corrected chi connectivity index (χ4v) is 1.17. The normalized spacial score (nSPS) is 13.9. The molecule has 0 aliphatic rings. The SMILES string of the molecule is CC/C=C\C(C)/N=C(/CC(=O)OCC)NC. The minimum Gasteiger partial charge on any atom is -0.466 e. The number of aliphatic imine (C=N–C) groups is 1. The third kappa shape index (κ3) is 7.04. The van der Waals surface area contributed by atoms with Crippen LogP contribution in [-0.4, -0.2) is 31.5 Å². The van der Waals surface area contributed by atoms with Gasteiger partial charge in [-0.15, -0.1) is 0 Å². The number of carbonyl (C=O) groups is 1. The second-order valence-electron chi connectivity index (χ2n) is 3.38. The summed E-state index contributed by atoms with van der Waals surface area (Å²) in [4.78, 5) is 15.6. The van der Waals surface area contributed by atoms with Crippen molar-refractivity contribution >= 4 is 11.8 Å². The molecule has 4 nitrogen and oxygen atoms in total. The third-order valence-electron chi connectivity index (χ3n) is 1.92. The van der Waals surface area contributed by atoms with Gasteiger partial charge in [0.1, 0.15) is 12.3 Å². The first-order valence-corrected chi connectivity index (χ1v) is 5.70. The zero-order valence-corrected chi connectivity index (χ0v) is 10.6. The molecule has 1 atom stereocenters. The van der Waals surface area contributed by atoms with Crippen LogP contribution < -0.4 is 5.32 Å². The molecule has 0 rings (SSSR count). The number of rotatable bonds is 6. The molecular formula is C12H22N2O2. The maximum Gasteiger partial charge on any atom is 0.313 e. The lowest BCUT2D eigenvalue weighted by atomic mass is 10.3. The molecule has 0 aromatic rings. The summed E-state index contributed by atoms with van der Waals surface area (Å²) in [7, 11) is 1.76. The maximum absolute atomic E-state index is 11.2. The Morgan fingerprint density at radius 1 is 1.50 bits per heavy atom. The quantitative estimate of drug-likeness (QED) is 0.326. The summed E-state index contributed by atoms with van der Waals surface area (Å²) >= 11 is 0. The fourth-order valence-electron chi connectivity index (χ4n) is 1.17. The number of allylic oxidation sites excluding steroid dienone is 1. The zero-order chi connectivity index (χ0) is 12.4. The Balaban J connectivity index is 4.30. The van der Waals surface area contributed by atoms with Crippen molar-refractivity contribution in [1.29, 1.82) is 0 Å². The van der Waals surface area contributed by atoms with Crippen molar-refractivity contribution in [2.24, 2.45) is 4.99 Å². The molecule has 0 radical (unpaired) electrons. The molecule has 1 N–H and O–H groups in total. The summed E-state index contributed by atoms with van der Waals surface area (Å²) in [6, 6.07) is 0.0804. The van der Waals surface area contributed by atoms with E-state index in [1.807, 2.05) is 13.0 Å². The number of hydrogen-bond donors (Lipinski definition) is 1. The van der Waals surface area contributed by atoms with E-state index in [-0.39, 0.29) is 18.4 Å². The average molecular weight is 226 g/mol. The second kappa shape index (κ2) is 8.95. The van der Waals surface area contributed by atoms with Crippen molar-refractivity contribution in [2.75, 3.05) is 13.7 Å². The van der Waals surface area contributed by atoms with Gasteiger partial charge in [0.15, 0.2) is 0 Å². The molecule has 0 saturated heterocycles. The Kier molecular flexibility index (Phi) is 8.21. The van der Waals surface area contributed by atoms with Crippen molar-refractivity contribution < 1.29 is 9.53 Å². The topological polar surface area (TPSA) is 50.7 Å². The number of carbonyl (C=O) groups excluding carboxylic acids is 1. The Hall–Kier alpha value is -1.32. The molecular weight excluding hydrogens is 204 g/mol. The number of hydrogen-bond acceptors (Lipinski definition) is 3. The smallest absolute Gasteiger partial charge is 0.313 e. The molecule has 0 aliphatic carbocycles. The van der Waals surface area contributed by atoms with Crippen LogP contribution in [0.5, 0.6) is 0 Å². The van der Waals surface area contributed by atoms with E-state index >= 15 is 0 Å². The van der Waals surface area contributed by atoms with Gasteiger partial charge in [0.25, 0.3) is 0 Å². The number of esters is 1. The van der Waals surface area contributed by atoms with Gasteiger partial charge in [-0.25, -0.2) is 0 Å².